The molecule has 1 aromatic rings. The van der Waals surface area contributed by atoms with E-state index in [9.17, 15) is 14.4 Å². The number of nitrogens with one attached hydrogen (secondary N) is 1. The Bertz CT molecular complexity index is 444. The number of primary amides is 1. The lowest BCUT2D eigenvalue weighted by Crippen LogP contribution is -2.39. The number of carbonyl (C=O) groups excluding carboxylic acids is 1. The molecule has 0 saturated carbocycles. The number of amides is 1. The van der Waals surface area contributed by atoms with Gasteiger partial charge in [-0.2, -0.15) is 0 Å². The largest absolute Gasteiger partial charge is 0.393 e. The molecule has 0 spiro atoms. The molecule has 0 aliphatic carbocycles. The zero-order chi connectivity index (χ0) is 10.0. The smallest absolute Gasteiger partial charge is 0.328 e. The van der Waals surface area contributed by atoms with E-state index < -0.39 is 23.7 Å². The van der Waals surface area contributed by atoms with Crippen molar-refractivity contribution in [2.75, 3.05) is 5.73 Å². The van der Waals surface area contributed by atoms with Crippen LogP contribution in [-0.2, 0) is 11.3 Å². The van der Waals surface area contributed by atoms with Crippen molar-refractivity contribution in [3.8, 4) is 0 Å². The Kier molecular flexibility index (Phi) is 2.18. The summed E-state index contributed by atoms with van der Waals surface area (Å²) in [6.07, 6.45) is 1.07. The number of aromatic nitrogens is 2. The fraction of sp³-hybridized carbons (Fsp3) is 0.167. The van der Waals surface area contributed by atoms with Crippen molar-refractivity contribution in [2.24, 2.45) is 5.73 Å². The second-order valence-corrected chi connectivity index (χ2v) is 2.41. The zero-order valence-electron chi connectivity index (χ0n) is 6.61. The fourth-order valence-electron chi connectivity index (χ4n) is 0.827. The first-order chi connectivity index (χ1) is 6.02. The van der Waals surface area contributed by atoms with Crippen LogP contribution >= 0.6 is 0 Å². The van der Waals surface area contributed by atoms with Gasteiger partial charge in [-0.3, -0.25) is 9.59 Å². The van der Waals surface area contributed by atoms with Crippen LogP contribution in [0.15, 0.2) is 15.8 Å². The van der Waals surface area contributed by atoms with Gasteiger partial charge in [0.15, 0.2) is 0 Å². The highest BCUT2D eigenvalue weighted by Crippen LogP contribution is 1.82. The third-order valence-corrected chi connectivity index (χ3v) is 1.40. The number of hydrogen-bond donors (Lipinski definition) is 3. The molecule has 1 rings (SSSR count). The molecule has 7 heteroatoms. The molecule has 0 saturated heterocycles. The molecule has 1 aromatic heterocycles. The minimum Gasteiger partial charge on any atom is -0.393 e. The Morgan fingerprint density at radius 1 is 1.54 bits per heavy atom. The van der Waals surface area contributed by atoms with E-state index in [1.807, 2.05) is 0 Å². The summed E-state index contributed by atoms with van der Waals surface area (Å²) in [7, 11) is 0. The number of anilines is 1. The number of H-pyrrole nitrogens is 1. The molecule has 0 bridgehead atoms. The van der Waals surface area contributed by atoms with Crippen LogP contribution in [0.5, 0.6) is 0 Å². The summed E-state index contributed by atoms with van der Waals surface area (Å²) >= 11 is 0. The van der Waals surface area contributed by atoms with Crippen LogP contribution in [0.1, 0.15) is 0 Å². The molecule has 0 aliphatic heterocycles. The minimum absolute atomic E-state index is 0.138. The van der Waals surface area contributed by atoms with E-state index in [2.05, 4.69) is 4.98 Å². The number of nitrogen functional groups attached to an aromatic ring is 1. The van der Waals surface area contributed by atoms with Crippen LogP contribution in [0, 0.1) is 0 Å². The highest BCUT2D eigenvalue weighted by molar-refractivity contribution is 5.73. The molecule has 0 fully saturated rings. The van der Waals surface area contributed by atoms with E-state index in [1.165, 1.54) is 0 Å². The van der Waals surface area contributed by atoms with Crippen LogP contribution in [0.2, 0.25) is 0 Å². The van der Waals surface area contributed by atoms with Gasteiger partial charge in [-0.15, -0.1) is 0 Å². The fourth-order valence-corrected chi connectivity index (χ4v) is 0.827. The van der Waals surface area contributed by atoms with E-state index >= 15 is 0 Å². The molecule has 0 aromatic carbocycles. The third-order valence-electron chi connectivity index (χ3n) is 1.40. The normalized spacial score (nSPS) is 9.85. The van der Waals surface area contributed by atoms with Crippen LogP contribution < -0.4 is 22.7 Å². The summed E-state index contributed by atoms with van der Waals surface area (Å²) < 4.78 is 0.637. The van der Waals surface area contributed by atoms with Gasteiger partial charge in [0.2, 0.25) is 5.91 Å². The molecule has 7 nitrogen and oxygen atoms in total. The molecule has 5 N–H and O–H groups in total. The maximum atomic E-state index is 11.1. The Balaban J connectivity index is 3.35. The van der Waals surface area contributed by atoms with E-state index in [4.69, 9.17) is 11.5 Å². The van der Waals surface area contributed by atoms with Gasteiger partial charge in [-0.25, -0.2) is 9.36 Å². The number of hydrogen-bond acceptors (Lipinski definition) is 4. The number of aromatic amines is 1. The quantitative estimate of drug-likeness (QED) is 0.474. The van der Waals surface area contributed by atoms with Crippen LogP contribution in [-0.4, -0.2) is 15.5 Å². The lowest BCUT2D eigenvalue weighted by Gasteiger charge is -2.00. The standard InChI is InChI=1S/C6H8N4O3/c7-3-1-9-6(13)10(5(3)12)2-4(8)11/h1H,2,7H2,(H2,8,11)(H,9,13). The molecule has 0 radical (unpaired) electrons. The van der Waals surface area contributed by atoms with Crippen LogP contribution in [0.3, 0.4) is 0 Å². The number of carbonyl (C=O) groups is 1. The zero-order valence-corrected chi connectivity index (χ0v) is 6.61. The molecule has 70 valence electrons. The van der Waals surface area contributed by atoms with Crippen molar-refractivity contribution in [3.63, 3.8) is 0 Å². The van der Waals surface area contributed by atoms with Crippen LogP contribution in [0.4, 0.5) is 5.69 Å². The predicted octanol–water partition coefficient (Wildman–Crippen LogP) is -2.40. The molecule has 0 atom stereocenters. The first-order valence-electron chi connectivity index (χ1n) is 3.38. The molecule has 13 heavy (non-hydrogen) atoms. The molecular weight excluding hydrogens is 176 g/mol. The molecule has 1 amide bonds. The Morgan fingerprint density at radius 2 is 2.15 bits per heavy atom. The minimum atomic E-state index is -0.779. The topological polar surface area (TPSA) is 124 Å². The highest BCUT2D eigenvalue weighted by atomic mass is 16.2. The number of rotatable bonds is 2. The monoisotopic (exact) mass is 184 g/mol. The van der Waals surface area contributed by atoms with Gasteiger partial charge in [-0.05, 0) is 0 Å². The third kappa shape index (κ3) is 1.75. The lowest BCUT2D eigenvalue weighted by molar-refractivity contribution is -0.118. The van der Waals surface area contributed by atoms with E-state index in [0.29, 0.717) is 4.57 Å². The van der Waals surface area contributed by atoms with Gasteiger partial charge in [-0.1, -0.05) is 0 Å². The van der Waals surface area contributed by atoms with Gasteiger partial charge in [0.25, 0.3) is 5.56 Å². The predicted molar refractivity (Wildman–Crippen MR) is 44.9 cm³/mol. The van der Waals surface area contributed by atoms with Crippen molar-refractivity contribution in [2.45, 2.75) is 6.54 Å². The van der Waals surface area contributed by atoms with Crippen molar-refractivity contribution in [3.05, 3.63) is 27.0 Å². The number of nitrogens with zero attached hydrogens (tertiary/aromatic N) is 1. The highest BCUT2D eigenvalue weighted by Gasteiger charge is 2.06. The Labute approximate surface area is 72.0 Å². The van der Waals surface area contributed by atoms with Gasteiger partial charge < -0.3 is 16.5 Å². The summed E-state index contributed by atoms with van der Waals surface area (Å²) in [4.78, 5) is 34.7. The summed E-state index contributed by atoms with van der Waals surface area (Å²) in [6.45, 7) is -0.473. The van der Waals surface area contributed by atoms with E-state index in [-0.39, 0.29) is 5.69 Å². The van der Waals surface area contributed by atoms with Crippen molar-refractivity contribution < 1.29 is 4.79 Å². The Morgan fingerprint density at radius 3 is 2.69 bits per heavy atom. The molecule has 1 heterocycles. The maximum Gasteiger partial charge on any atom is 0.328 e. The molecule has 0 aliphatic rings. The average Bonchev–Trinajstić information content (AvgIpc) is 2.05. The molecular formula is C6H8N4O3. The SMILES string of the molecule is NC(=O)Cn1c(=O)[nH]cc(N)c1=O. The van der Waals surface area contributed by atoms with Gasteiger partial charge in [0, 0.05) is 6.20 Å². The van der Waals surface area contributed by atoms with Crippen molar-refractivity contribution >= 4 is 11.6 Å². The second-order valence-electron chi connectivity index (χ2n) is 2.41. The van der Waals surface area contributed by atoms with Gasteiger partial charge in [0.1, 0.15) is 12.2 Å². The van der Waals surface area contributed by atoms with Crippen LogP contribution in [0.25, 0.3) is 0 Å². The summed E-state index contributed by atoms with van der Waals surface area (Å²) in [5.74, 6) is -0.779. The van der Waals surface area contributed by atoms with Crippen molar-refractivity contribution in [1.82, 2.24) is 9.55 Å². The average molecular weight is 184 g/mol. The summed E-state index contributed by atoms with van der Waals surface area (Å²) in [5.41, 5.74) is 8.46. The Hall–Kier alpha value is -2.05. The molecule has 0 unspecified atom stereocenters. The van der Waals surface area contributed by atoms with Gasteiger partial charge in [0.05, 0.1) is 0 Å². The van der Waals surface area contributed by atoms with E-state index in [0.717, 1.165) is 6.20 Å². The summed E-state index contributed by atoms with van der Waals surface area (Å²) in [5, 5.41) is 0. The summed E-state index contributed by atoms with van der Waals surface area (Å²) in [6, 6.07) is 0. The van der Waals surface area contributed by atoms with Crippen molar-refractivity contribution in [1.29, 1.82) is 0 Å². The lowest BCUT2D eigenvalue weighted by atomic mass is 10.5. The second kappa shape index (κ2) is 3.13. The van der Waals surface area contributed by atoms with Gasteiger partial charge >= 0.3 is 5.69 Å². The maximum absolute atomic E-state index is 11.1. The first-order valence-corrected chi connectivity index (χ1v) is 3.38. The van der Waals surface area contributed by atoms with E-state index in [1.54, 1.807) is 0 Å². The first kappa shape index (κ1) is 9.04. The number of nitrogens with two attached hydrogens (primary N) is 2.